The van der Waals surface area contributed by atoms with Crippen molar-refractivity contribution in [3.8, 4) is 22.6 Å². The molecule has 2 heterocycles. The lowest BCUT2D eigenvalue weighted by atomic mass is 9.94. The fraction of sp³-hybridized carbons (Fsp3) is 0.485. The van der Waals surface area contributed by atoms with Crippen molar-refractivity contribution in [1.29, 1.82) is 0 Å². The molecule has 1 fully saturated rings. The first-order chi connectivity index (χ1) is 23.0. The molecule has 0 unspecified atom stereocenters. The summed E-state index contributed by atoms with van der Waals surface area (Å²) in [7, 11) is -3.25. The molecule has 0 saturated heterocycles. The number of hydrogen-bond donors (Lipinski definition) is 3. The maximum atomic E-state index is 13.3. The summed E-state index contributed by atoms with van der Waals surface area (Å²) >= 11 is 0. The van der Waals surface area contributed by atoms with Crippen LogP contribution < -0.4 is 15.4 Å². The van der Waals surface area contributed by atoms with Crippen LogP contribution in [0.15, 0.2) is 48.8 Å². The highest BCUT2D eigenvalue weighted by Crippen LogP contribution is 2.39. The lowest BCUT2D eigenvalue weighted by molar-refractivity contribution is -0.135. The molecule has 48 heavy (non-hydrogen) atoms. The van der Waals surface area contributed by atoms with E-state index >= 15 is 0 Å². The van der Waals surface area contributed by atoms with Crippen molar-refractivity contribution in [2.24, 2.45) is 7.05 Å². The van der Waals surface area contributed by atoms with E-state index < -0.39 is 10.4 Å². The maximum absolute atomic E-state index is 13.3. The molecule has 0 radical (unpaired) electrons. The zero-order valence-electron chi connectivity index (χ0n) is 27.1. The van der Waals surface area contributed by atoms with Gasteiger partial charge in [-0.15, -0.1) is 0 Å². The Kier molecular flexibility index (Phi) is 13.8. The molecule has 0 spiro atoms. The molecular formula is C33H43N5O9S-2. The molecule has 1 saturated carbocycles. The number of nitrogens with one attached hydrogen (secondary N) is 2. The van der Waals surface area contributed by atoms with Crippen LogP contribution in [-0.4, -0.2) is 94.6 Å². The average Bonchev–Trinajstić information content (AvgIpc) is 3.49. The van der Waals surface area contributed by atoms with Crippen LogP contribution in [0, 0.1) is 0 Å². The number of aromatic hydroxyl groups is 1. The number of hydrogen-bond acceptors (Lipinski definition) is 11. The van der Waals surface area contributed by atoms with Gasteiger partial charge in [-0.25, -0.2) is 0 Å². The SMILES string of the molecule is Cn1cc(-c2ccc(CCOCCC(=O)N(CCNCCc3ccc(O)c4c3OCC(=O)N4)C3CCCCC3)cc2)cn1.O=S(=O)([O-])[O-]. The zero-order valence-corrected chi connectivity index (χ0v) is 27.9. The van der Waals surface area contributed by atoms with Gasteiger partial charge < -0.3 is 39.2 Å². The van der Waals surface area contributed by atoms with Crippen molar-refractivity contribution in [2.75, 3.05) is 44.8 Å². The molecule has 1 aliphatic heterocycles. The van der Waals surface area contributed by atoms with Gasteiger partial charge in [0.15, 0.2) is 12.4 Å². The summed E-state index contributed by atoms with van der Waals surface area (Å²) in [6, 6.07) is 12.2. The Balaban J connectivity index is 0.000000968. The molecule has 3 N–H and O–H groups in total. The van der Waals surface area contributed by atoms with E-state index in [-0.39, 0.29) is 24.2 Å². The van der Waals surface area contributed by atoms with Crippen LogP contribution in [0.5, 0.6) is 11.5 Å². The highest BCUT2D eigenvalue weighted by atomic mass is 32.3. The standard InChI is InChI=1S/C33H43N5O5.H2O4S/c1-37-22-27(21-35-37)25-9-7-24(8-10-25)14-19-42-20-15-31(41)38(28-5-3-2-4-6-28)18-17-34-16-13-26-11-12-29(39)32-33(26)43-23-30(40)36-32;1-5(2,3)4/h7-12,21-22,28,34,39H,2-6,13-20,23H2,1H3,(H,36,40);(H2,1,2,3,4)/p-2. The second-order valence-electron chi connectivity index (χ2n) is 11.8. The molecule has 14 nitrogen and oxygen atoms in total. The molecular weight excluding hydrogens is 642 g/mol. The summed E-state index contributed by atoms with van der Waals surface area (Å²) in [4.78, 5) is 27.0. The number of amides is 2. The Labute approximate surface area is 281 Å². The summed E-state index contributed by atoms with van der Waals surface area (Å²) in [6.45, 7) is 2.99. The minimum absolute atomic E-state index is 0.000764. The lowest BCUT2D eigenvalue weighted by Crippen LogP contribution is -2.45. The Bertz CT molecular complexity index is 1600. The molecule has 0 atom stereocenters. The third kappa shape index (κ3) is 11.9. The second kappa shape index (κ2) is 17.9. The van der Waals surface area contributed by atoms with Crippen LogP contribution in [-0.2, 0) is 44.6 Å². The largest absolute Gasteiger partial charge is 0.759 e. The van der Waals surface area contributed by atoms with Gasteiger partial charge >= 0.3 is 0 Å². The molecule has 1 aliphatic carbocycles. The van der Waals surface area contributed by atoms with Gasteiger partial charge in [-0.2, -0.15) is 5.10 Å². The van der Waals surface area contributed by atoms with Gasteiger partial charge in [0, 0.05) is 48.3 Å². The van der Waals surface area contributed by atoms with Crippen LogP contribution in [0.4, 0.5) is 5.69 Å². The van der Waals surface area contributed by atoms with E-state index in [4.69, 9.17) is 27.0 Å². The Hall–Kier alpha value is -4.02. The van der Waals surface area contributed by atoms with E-state index in [1.165, 1.54) is 24.8 Å². The normalized spacial score (nSPS) is 14.7. The lowest BCUT2D eigenvalue weighted by Gasteiger charge is -2.34. The molecule has 2 aromatic carbocycles. The molecule has 15 heteroatoms. The first kappa shape index (κ1) is 36.8. The average molecular weight is 686 g/mol. The van der Waals surface area contributed by atoms with Crippen molar-refractivity contribution in [2.45, 2.75) is 57.4 Å². The van der Waals surface area contributed by atoms with Crippen molar-refractivity contribution in [1.82, 2.24) is 20.0 Å². The summed E-state index contributed by atoms with van der Waals surface area (Å²) in [5.74, 6) is 0.414. The van der Waals surface area contributed by atoms with Crippen LogP contribution >= 0.6 is 0 Å². The van der Waals surface area contributed by atoms with Gasteiger partial charge in [0.1, 0.15) is 11.4 Å². The van der Waals surface area contributed by atoms with Crippen molar-refractivity contribution >= 4 is 27.9 Å². The summed E-state index contributed by atoms with van der Waals surface area (Å²) < 4.78 is 47.4. The molecule has 262 valence electrons. The number of rotatable bonds is 14. The Morgan fingerprint density at radius 3 is 2.50 bits per heavy atom. The smallest absolute Gasteiger partial charge is 0.262 e. The van der Waals surface area contributed by atoms with Crippen LogP contribution in [0.2, 0.25) is 0 Å². The number of phenols is 1. The van der Waals surface area contributed by atoms with Gasteiger partial charge in [-0.3, -0.25) is 22.7 Å². The zero-order chi connectivity index (χ0) is 34.5. The van der Waals surface area contributed by atoms with E-state index in [1.807, 2.05) is 25.5 Å². The van der Waals surface area contributed by atoms with Gasteiger partial charge in [0.05, 0.1) is 25.8 Å². The fourth-order valence-electron chi connectivity index (χ4n) is 5.89. The van der Waals surface area contributed by atoms with E-state index in [0.717, 1.165) is 36.0 Å². The van der Waals surface area contributed by atoms with E-state index in [9.17, 15) is 14.7 Å². The minimum atomic E-state index is -5.17. The second-order valence-corrected chi connectivity index (χ2v) is 12.6. The summed E-state index contributed by atoms with van der Waals surface area (Å²) in [5.41, 5.74) is 4.70. The molecule has 0 bridgehead atoms. The van der Waals surface area contributed by atoms with Crippen molar-refractivity contribution in [3.05, 3.63) is 59.9 Å². The van der Waals surface area contributed by atoms with Gasteiger partial charge in [-0.05, 0) is 55.0 Å². The minimum Gasteiger partial charge on any atom is -0.759 e. The molecule has 2 aliphatic rings. The van der Waals surface area contributed by atoms with Gasteiger partial charge in [0.25, 0.3) is 5.91 Å². The number of carbonyl (C=O) groups is 2. The first-order valence-electron chi connectivity index (χ1n) is 16.1. The molecule has 3 aromatic rings. The number of ether oxygens (including phenoxy) is 2. The van der Waals surface area contributed by atoms with E-state index in [0.29, 0.717) is 63.2 Å². The summed E-state index contributed by atoms with van der Waals surface area (Å²) in [5, 5.41) is 20.5. The van der Waals surface area contributed by atoms with Crippen molar-refractivity contribution in [3.63, 3.8) is 0 Å². The third-order valence-corrected chi connectivity index (χ3v) is 8.25. The molecule has 1 aromatic heterocycles. The monoisotopic (exact) mass is 685 g/mol. The number of benzene rings is 2. The number of fused-ring (bicyclic) bond motifs is 1. The number of nitrogens with zero attached hydrogens (tertiary/aromatic N) is 3. The quantitative estimate of drug-likeness (QED) is 0.0976. The Morgan fingerprint density at radius 2 is 1.81 bits per heavy atom. The van der Waals surface area contributed by atoms with Crippen LogP contribution in [0.25, 0.3) is 11.1 Å². The maximum Gasteiger partial charge on any atom is 0.262 e. The predicted octanol–water partition coefficient (Wildman–Crippen LogP) is 2.73. The fourth-order valence-corrected chi connectivity index (χ4v) is 5.89. The molecule has 2 amide bonds. The first-order valence-corrected chi connectivity index (χ1v) is 17.4. The summed E-state index contributed by atoms with van der Waals surface area (Å²) in [6.07, 6.45) is 11.4. The number of anilines is 1. The van der Waals surface area contributed by atoms with Gasteiger partial charge in [0.2, 0.25) is 5.91 Å². The Morgan fingerprint density at radius 1 is 1.08 bits per heavy atom. The number of phenolic OH excluding ortho intramolecular Hbond substituents is 1. The van der Waals surface area contributed by atoms with E-state index in [1.54, 1.807) is 10.7 Å². The number of aromatic nitrogens is 2. The molecule has 5 rings (SSSR count). The number of carbonyl (C=O) groups excluding carboxylic acids is 2. The van der Waals surface area contributed by atoms with Crippen LogP contribution in [0.1, 0.15) is 49.7 Å². The highest BCUT2D eigenvalue weighted by molar-refractivity contribution is 7.79. The topological polar surface area (TPSA) is 198 Å². The number of aryl methyl sites for hydroxylation is 1. The predicted molar refractivity (Wildman–Crippen MR) is 176 cm³/mol. The van der Waals surface area contributed by atoms with Gasteiger partial charge in [-0.1, -0.05) is 49.6 Å². The highest BCUT2D eigenvalue weighted by Gasteiger charge is 2.25. The third-order valence-electron chi connectivity index (χ3n) is 8.25. The van der Waals surface area contributed by atoms with Crippen LogP contribution in [0.3, 0.4) is 0 Å². The van der Waals surface area contributed by atoms with E-state index in [2.05, 4.69) is 44.9 Å². The van der Waals surface area contributed by atoms with Crippen molar-refractivity contribution < 1.29 is 41.7 Å².